The summed E-state index contributed by atoms with van der Waals surface area (Å²) in [4.78, 5) is 38.3. The van der Waals surface area contributed by atoms with Crippen LogP contribution in [-0.2, 0) is 9.59 Å². The number of rotatable bonds is 2. The molecule has 0 aromatic carbocycles. The van der Waals surface area contributed by atoms with Gasteiger partial charge in [0, 0.05) is 7.05 Å². The molecule has 0 aromatic rings. The minimum absolute atomic E-state index is 0.244. The summed E-state index contributed by atoms with van der Waals surface area (Å²) in [5.41, 5.74) is 0. The topological polar surface area (TPSA) is 60.9 Å². The quantitative estimate of drug-likeness (QED) is 0.484. The molecule has 88 valence electrons. The van der Waals surface area contributed by atoms with Crippen LogP contribution >= 0.6 is 0 Å². The molecule has 0 aromatic heterocycles. The molecule has 2 saturated heterocycles. The van der Waals surface area contributed by atoms with E-state index in [4.69, 9.17) is 0 Å². The van der Waals surface area contributed by atoms with Gasteiger partial charge in [0.1, 0.15) is 0 Å². The van der Waals surface area contributed by atoms with Crippen LogP contribution in [0.1, 0.15) is 19.3 Å². The fourth-order valence-electron chi connectivity index (χ4n) is 2.04. The Kier molecular flexibility index (Phi) is 2.91. The largest absolute Gasteiger partial charge is 0.335 e. The molecule has 0 saturated carbocycles. The third kappa shape index (κ3) is 1.80. The molecule has 4 amide bonds. The highest BCUT2D eigenvalue weighted by molar-refractivity contribution is 6.44. The number of carbonyl (C=O) groups excluding carboxylic acids is 3. The Labute approximate surface area is 93.8 Å². The number of imide groups is 2. The Balaban J connectivity index is 2.01. The van der Waals surface area contributed by atoms with Gasteiger partial charge in [-0.05, 0) is 25.9 Å². The third-order valence-corrected chi connectivity index (χ3v) is 3.04. The van der Waals surface area contributed by atoms with Crippen molar-refractivity contribution < 1.29 is 14.4 Å². The maximum Gasteiger partial charge on any atom is 0.335 e. The summed E-state index contributed by atoms with van der Waals surface area (Å²) in [5.74, 6) is -1.44. The van der Waals surface area contributed by atoms with Gasteiger partial charge < -0.3 is 0 Å². The van der Waals surface area contributed by atoms with E-state index in [9.17, 15) is 14.4 Å². The van der Waals surface area contributed by atoms with Crippen LogP contribution in [0.15, 0.2) is 0 Å². The molecule has 0 unspecified atom stereocenters. The summed E-state index contributed by atoms with van der Waals surface area (Å²) in [5, 5.41) is 0. The van der Waals surface area contributed by atoms with Crippen LogP contribution < -0.4 is 0 Å². The van der Waals surface area contributed by atoms with E-state index in [0.717, 1.165) is 35.7 Å². The Morgan fingerprint density at radius 1 is 1.00 bits per heavy atom. The van der Waals surface area contributed by atoms with Gasteiger partial charge in [0.25, 0.3) is 0 Å². The van der Waals surface area contributed by atoms with Gasteiger partial charge in [-0.1, -0.05) is 6.42 Å². The number of urea groups is 1. The highest BCUT2D eigenvalue weighted by Crippen LogP contribution is 2.14. The molecule has 0 aliphatic carbocycles. The lowest BCUT2D eigenvalue weighted by molar-refractivity contribution is -0.143. The van der Waals surface area contributed by atoms with Gasteiger partial charge in [0.2, 0.25) is 0 Å². The Morgan fingerprint density at radius 3 is 2.12 bits per heavy atom. The molecule has 0 spiro atoms. The van der Waals surface area contributed by atoms with Gasteiger partial charge in [-0.25, -0.2) is 9.69 Å². The second-order valence-electron chi connectivity index (χ2n) is 4.20. The summed E-state index contributed by atoms with van der Waals surface area (Å²) >= 11 is 0. The number of carbonyl (C=O) groups is 3. The lowest BCUT2D eigenvalue weighted by Crippen LogP contribution is -2.43. The number of amides is 4. The van der Waals surface area contributed by atoms with E-state index < -0.39 is 17.8 Å². The molecule has 0 N–H and O–H groups in total. The van der Waals surface area contributed by atoms with Gasteiger partial charge in [-0.15, -0.1) is 0 Å². The molecule has 6 nitrogen and oxygen atoms in total. The molecule has 0 bridgehead atoms. The molecule has 2 aliphatic rings. The summed E-state index contributed by atoms with van der Waals surface area (Å²) in [6.45, 7) is 2.01. The van der Waals surface area contributed by atoms with Crippen LogP contribution in [0, 0.1) is 0 Å². The second kappa shape index (κ2) is 4.21. The first-order valence-corrected chi connectivity index (χ1v) is 5.47. The molecule has 2 heterocycles. The zero-order valence-corrected chi connectivity index (χ0v) is 9.31. The molecule has 2 fully saturated rings. The molecular formula is C10H15N3O3. The van der Waals surface area contributed by atoms with Gasteiger partial charge in [0.15, 0.2) is 0 Å². The number of hydrogen-bond acceptors (Lipinski definition) is 4. The molecule has 0 atom stereocenters. The summed E-state index contributed by atoms with van der Waals surface area (Å²) in [6, 6.07) is -0.513. The smallest absolute Gasteiger partial charge is 0.285 e. The van der Waals surface area contributed by atoms with Crippen LogP contribution in [0.2, 0.25) is 0 Å². The van der Waals surface area contributed by atoms with Crippen molar-refractivity contribution in [1.29, 1.82) is 0 Å². The average molecular weight is 225 g/mol. The van der Waals surface area contributed by atoms with Crippen molar-refractivity contribution in [1.82, 2.24) is 14.7 Å². The molecule has 0 radical (unpaired) electrons. The van der Waals surface area contributed by atoms with E-state index in [1.807, 2.05) is 4.90 Å². The SMILES string of the molecule is CN1C(=O)C(=O)N(CN2CCCCC2)C1=O. The Bertz CT molecular complexity index is 336. The van der Waals surface area contributed by atoms with Crippen LogP contribution in [0.4, 0.5) is 4.79 Å². The van der Waals surface area contributed by atoms with Gasteiger partial charge in [-0.3, -0.25) is 19.4 Å². The van der Waals surface area contributed by atoms with E-state index >= 15 is 0 Å². The van der Waals surface area contributed by atoms with Gasteiger partial charge in [0.05, 0.1) is 6.67 Å². The summed E-state index contributed by atoms with van der Waals surface area (Å²) in [7, 11) is 1.33. The van der Waals surface area contributed by atoms with Crippen molar-refractivity contribution in [3.8, 4) is 0 Å². The Hall–Kier alpha value is -1.43. The van der Waals surface area contributed by atoms with Crippen molar-refractivity contribution in [3.05, 3.63) is 0 Å². The van der Waals surface area contributed by atoms with Crippen molar-refractivity contribution in [2.24, 2.45) is 0 Å². The van der Waals surface area contributed by atoms with Gasteiger partial charge >= 0.3 is 17.8 Å². The zero-order valence-electron chi connectivity index (χ0n) is 9.31. The fraction of sp³-hybridized carbons (Fsp3) is 0.700. The van der Waals surface area contributed by atoms with Crippen LogP contribution in [0.5, 0.6) is 0 Å². The lowest BCUT2D eigenvalue weighted by atomic mass is 10.1. The second-order valence-corrected chi connectivity index (χ2v) is 4.20. The van der Waals surface area contributed by atoms with E-state index in [-0.39, 0.29) is 6.67 Å². The highest BCUT2D eigenvalue weighted by atomic mass is 16.2. The first-order chi connectivity index (χ1) is 7.61. The summed E-state index contributed by atoms with van der Waals surface area (Å²) in [6.07, 6.45) is 3.36. The molecule has 16 heavy (non-hydrogen) atoms. The Morgan fingerprint density at radius 2 is 1.62 bits per heavy atom. The van der Waals surface area contributed by atoms with E-state index in [2.05, 4.69) is 0 Å². The number of piperidine rings is 1. The normalized spacial score (nSPS) is 23.4. The van der Waals surface area contributed by atoms with Crippen LogP contribution in [0.3, 0.4) is 0 Å². The molecule has 2 aliphatic heterocycles. The zero-order chi connectivity index (χ0) is 11.7. The van der Waals surface area contributed by atoms with Crippen molar-refractivity contribution in [3.63, 3.8) is 0 Å². The number of nitrogens with zero attached hydrogens (tertiary/aromatic N) is 3. The maximum atomic E-state index is 11.6. The van der Waals surface area contributed by atoms with E-state index in [1.54, 1.807) is 0 Å². The number of hydrogen-bond donors (Lipinski definition) is 0. The standard InChI is InChI=1S/C10H15N3O3/c1-11-8(14)9(15)13(10(11)16)7-12-5-3-2-4-6-12/h2-7H2,1H3. The number of likely N-dealkylation sites (N-methyl/N-ethyl adjacent to an activating group) is 1. The minimum atomic E-state index is -0.734. The minimum Gasteiger partial charge on any atom is -0.285 e. The van der Waals surface area contributed by atoms with Crippen molar-refractivity contribution in [2.75, 3.05) is 26.8 Å². The van der Waals surface area contributed by atoms with Crippen LogP contribution in [-0.4, -0.2) is 59.4 Å². The first-order valence-electron chi connectivity index (χ1n) is 5.47. The molecular weight excluding hydrogens is 210 g/mol. The van der Waals surface area contributed by atoms with E-state index in [1.165, 1.54) is 13.5 Å². The highest BCUT2D eigenvalue weighted by Gasteiger charge is 2.42. The predicted molar refractivity (Wildman–Crippen MR) is 55.3 cm³/mol. The van der Waals surface area contributed by atoms with Crippen molar-refractivity contribution >= 4 is 17.8 Å². The lowest BCUT2D eigenvalue weighted by Gasteiger charge is -2.29. The summed E-state index contributed by atoms with van der Waals surface area (Å²) < 4.78 is 0. The van der Waals surface area contributed by atoms with Gasteiger partial charge in [-0.2, -0.15) is 0 Å². The predicted octanol–water partition coefficient (Wildman–Crippen LogP) is -0.150. The molecule has 6 heteroatoms. The fourth-order valence-corrected chi connectivity index (χ4v) is 2.04. The monoisotopic (exact) mass is 225 g/mol. The van der Waals surface area contributed by atoms with Crippen molar-refractivity contribution in [2.45, 2.75) is 19.3 Å². The van der Waals surface area contributed by atoms with E-state index in [0.29, 0.717) is 0 Å². The third-order valence-electron chi connectivity index (χ3n) is 3.04. The average Bonchev–Trinajstić information content (AvgIpc) is 2.48. The molecule has 2 rings (SSSR count). The maximum absolute atomic E-state index is 11.6. The number of likely N-dealkylation sites (tertiary alicyclic amines) is 1. The first kappa shape index (κ1) is 11.1. The van der Waals surface area contributed by atoms with Crippen LogP contribution in [0.25, 0.3) is 0 Å².